The van der Waals surface area contributed by atoms with Crippen LogP contribution in [-0.4, -0.2) is 78.6 Å². The Labute approximate surface area is 138 Å². The number of likely N-dealkylation sites (tertiary alicyclic amines) is 2. The van der Waals surface area contributed by atoms with Crippen LogP contribution >= 0.6 is 0 Å². The largest absolute Gasteiger partial charge is 0.477 e. The van der Waals surface area contributed by atoms with Gasteiger partial charge in [0.25, 0.3) is 0 Å². The summed E-state index contributed by atoms with van der Waals surface area (Å²) in [5, 5.41) is 0. The minimum absolute atomic E-state index is 0.107. The van der Waals surface area contributed by atoms with Crippen molar-refractivity contribution in [1.29, 1.82) is 0 Å². The molecule has 23 heavy (non-hydrogen) atoms. The number of hydrogen-bond donors (Lipinski definition) is 0. The molecule has 6 heteroatoms. The van der Waals surface area contributed by atoms with E-state index in [1.807, 2.05) is 23.1 Å². The molecular weight excluding hydrogens is 292 g/mol. The third-order valence-corrected chi connectivity index (χ3v) is 5.08. The van der Waals surface area contributed by atoms with E-state index in [4.69, 9.17) is 4.74 Å². The third kappa shape index (κ3) is 3.27. The molecule has 0 radical (unpaired) electrons. The van der Waals surface area contributed by atoms with Crippen LogP contribution in [0, 0.1) is 5.92 Å². The molecule has 2 saturated heterocycles. The Kier molecular flexibility index (Phi) is 4.43. The van der Waals surface area contributed by atoms with Crippen molar-refractivity contribution < 1.29 is 9.53 Å². The van der Waals surface area contributed by atoms with Gasteiger partial charge in [0.05, 0.1) is 12.1 Å². The molecule has 2 amide bonds. The average molecular weight is 318 g/mol. The first-order valence-electron chi connectivity index (χ1n) is 8.21. The lowest BCUT2D eigenvalue weighted by molar-refractivity contribution is -0.0679. The lowest BCUT2D eigenvalue weighted by Crippen LogP contribution is -2.73. The second-order valence-corrected chi connectivity index (χ2v) is 7.02. The number of amides is 2. The van der Waals surface area contributed by atoms with Crippen molar-refractivity contribution in [3.8, 4) is 5.88 Å². The van der Waals surface area contributed by atoms with Crippen molar-refractivity contribution in [2.24, 2.45) is 5.92 Å². The van der Waals surface area contributed by atoms with Gasteiger partial charge in [-0.05, 0) is 38.4 Å². The number of urea groups is 1. The molecule has 0 aliphatic carbocycles. The number of carbonyl (C=O) groups is 1. The van der Waals surface area contributed by atoms with Crippen LogP contribution in [-0.2, 0) is 0 Å². The van der Waals surface area contributed by atoms with Crippen molar-refractivity contribution in [1.82, 2.24) is 19.7 Å². The van der Waals surface area contributed by atoms with Crippen molar-refractivity contribution in [3.05, 3.63) is 24.4 Å². The minimum Gasteiger partial charge on any atom is -0.477 e. The molecule has 2 aliphatic rings. The van der Waals surface area contributed by atoms with Crippen LogP contribution in [0.3, 0.4) is 0 Å². The number of nitrogens with zero attached hydrogens (tertiary/aromatic N) is 4. The number of rotatable bonds is 3. The van der Waals surface area contributed by atoms with Gasteiger partial charge in [-0.15, -0.1) is 0 Å². The summed E-state index contributed by atoms with van der Waals surface area (Å²) in [4.78, 5) is 22.3. The van der Waals surface area contributed by atoms with Gasteiger partial charge in [-0.3, -0.25) is 4.90 Å². The van der Waals surface area contributed by atoms with Gasteiger partial charge in [0.1, 0.15) is 0 Å². The normalized spacial score (nSPS) is 23.4. The topological polar surface area (TPSA) is 48.9 Å². The molecule has 0 N–H and O–H groups in total. The Morgan fingerprint density at radius 2 is 2.22 bits per heavy atom. The molecule has 0 bridgehead atoms. The fourth-order valence-electron chi connectivity index (χ4n) is 3.64. The molecule has 2 fully saturated rings. The molecule has 1 spiro atoms. The van der Waals surface area contributed by atoms with Crippen molar-refractivity contribution in [3.63, 3.8) is 0 Å². The molecule has 6 nitrogen and oxygen atoms in total. The van der Waals surface area contributed by atoms with Crippen LogP contribution in [0.15, 0.2) is 24.4 Å². The molecule has 3 rings (SSSR count). The number of aromatic nitrogens is 1. The maximum Gasteiger partial charge on any atom is 0.319 e. The smallest absolute Gasteiger partial charge is 0.319 e. The summed E-state index contributed by atoms with van der Waals surface area (Å²) in [5.41, 5.74) is 0.127. The zero-order valence-corrected chi connectivity index (χ0v) is 14.2. The second kappa shape index (κ2) is 6.35. The molecular formula is C17H26N4O2. The van der Waals surface area contributed by atoms with Crippen molar-refractivity contribution in [2.75, 3.05) is 47.4 Å². The maximum atomic E-state index is 12.1. The van der Waals surface area contributed by atoms with Gasteiger partial charge in [0, 0.05) is 39.4 Å². The highest BCUT2D eigenvalue weighted by atomic mass is 16.5. The Morgan fingerprint density at radius 3 is 2.87 bits per heavy atom. The van der Waals surface area contributed by atoms with E-state index in [0.29, 0.717) is 18.4 Å². The lowest BCUT2D eigenvalue weighted by Gasteiger charge is -2.58. The summed E-state index contributed by atoms with van der Waals surface area (Å²) in [6.07, 6.45) is 3.96. The van der Waals surface area contributed by atoms with Crippen LogP contribution in [0.5, 0.6) is 5.88 Å². The van der Waals surface area contributed by atoms with Gasteiger partial charge >= 0.3 is 6.03 Å². The summed E-state index contributed by atoms with van der Waals surface area (Å²) >= 11 is 0. The Balaban J connectivity index is 1.55. The van der Waals surface area contributed by atoms with Gasteiger partial charge in [-0.1, -0.05) is 6.07 Å². The van der Waals surface area contributed by atoms with E-state index < -0.39 is 0 Å². The van der Waals surface area contributed by atoms with Crippen LogP contribution in [0.4, 0.5) is 4.79 Å². The third-order valence-electron chi connectivity index (χ3n) is 5.08. The number of carbonyl (C=O) groups excluding carboxylic acids is 1. The molecule has 0 aromatic carbocycles. The van der Waals surface area contributed by atoms with Crippen molar-refractivity contribution in [2.45, 2.75) is 18.4 Å². The fourth-order valence-corrected chi connectivity index (χ4v) is 3.64. The molecule has 0 unspecified atom stereocenters. The summed E-state index contributed by atoms with van der Waals surface area (Å²) in [7, 11) is 5.79. The van der Waals surface area contributed by atoms with Gasteiger partial charge in [0.2, 0.25) is 5.88 Å². The van der Waals surface area contributed by atoms with Gasteiger partial charge < -0.3 is 14.5 Å². The van der Waals surface area contributed by atoms with E-state index >= 15 is 0 Å². The van der Waals surface area contributed by atoms with Crippen LogP contribution in [0.1, 0.15) is 12.8 Å². The Hall–Kier alpha value is -1.82. The summed E-state index contributed by atoms with van der Waals surface area (Å²) in [6, 6.07) is 5.83. The number of likely N-dealkylation sites (N-methyl/N-ethyl adjacent to an activating group) is 1. The summed E-state index contributed by atoms with van der Waals surface area (Å²) in [6.45, 7) is 3.40. The van der Waals surface area contributed by atoms with Gasteiger partial charge in [-0.2, -0.15) is 0 Å². The summed E-state index contributed by atoms with van der Waals surface area (Å²) in [5.74, 6) is 1.21. The molecule has 2 aliphatic heterocycles. The summed E-state index contributed by atoms with van der Waals surface area (Å²) < 4.78 is 5.84. The standard InChI is InChI=1S/C17H26N4O2/c1-19(2)16(22)21-12-17(13-21)10-14(7-9-20(17)3)11-23-15-6-4-5-8-18-15/h4-6,8,14H,7,9-13H2,1-3H3/t14-/m0/s1. The number of ether oxygens (including phenoxy) is 1. The van der Waals surface area contributed by atoms with E-state index in [1.165, 1.54) is 0 Å². The van der Waals surface area contributed by atoms with Crippen LogP contribution < -0.4 is 4.74 Å². The zero-order valence-electron chi connectivity index (χ0n) is 14.2. The van der Waals surface area contributed by atoms with E-state index in [-0.39, 0.29) is 11.6 Å². The first kappa shape index (κ1) is 16.1. The van der Waals surface area contributed by atoms with Gasteiger partial charge in [0.15, 0.2) is 0 Å². The van der Waals surface area contributed by atoms with Crippen LogP contribution in [0.25, 0.3) is 0 Å². The zero-order chi connectivity index (χ0) is 16.4. The Morgan fingerprint density at radius 1 is 1.43 bits per heavy atom. The first-order valence-corrected chi connectivity index (χ1v) is 8.21. The Bertz CT molecular complexity index is 543. The number of piperidine rings is 1. The monoisotopic (exact) mass is 318 g/mol. The lowest BCUT2D eigenvalue weighted by atomic mass is 9.75. The second-order valence-electron chi connectivity index (χ2n) is 7.02. The first-order chi connectivity index (χ1) is 11.0. The fraction of sp³-hybridized carbons (Fsp3) is 0.647. The van der Waals surface area contributed by atoms with Crippen LogP contribution in [0.2, 0.25) is 0 Å². The quantitative estimate of drug-likeness (QED) is 0.848. The van der Waals surface area contributed by atoms with E-state index in [1.54, 1.807) is 25.2 Å². The van der Waals surface area contributed by atoms with E-state index in [9.17, 15) is 4.79 Å². The molecule has 0 saturated carbocycles. The SMILES string of the molecule is CN(C)C(=O)N1CC2(C[C@@H](COc3ccccn3)CCN2C)C1. The van der Waals surface area contributed by atoms with E-state index in [0.717, 1.165) is 32.5 Å². The highest BCUT2D eigenvalue weighted by Crippen LogP contribution is 2.38. The average Bonchev–Trinajstić information content (AvgIpc) is 2.52. The highest BCUT2D eigenvalue weighted by Gasteiger charge is 2.51. The molecule has 3 heterocycles. The van der Waals surface area contributed by atoms with Crippen molar-refractivity contribution >= 4 is 6.03 Å². The number of hydrogen-bond acceptors (Lipinski definition) is 4. The minimum atomic E-state index is 0.107. The number of pyridine rings is 1. The molecule has 1 atom stereocenters. The molecule has 126 valence electrons. The van der Waals surface area contributed by atoms with E-state index in [2.05, 4.69) is 16.9 Å². The molecule has 1 aromatic rings. The highest BCUT2D eigenvalue weighted by molar-refractivity contribution is 5.75. The maximum absolute atomic E-state index is 12.1. The van der Waals surface area contributed by atoms with Gasteiger partial charge in [-0.25, -0.2) is 9.78 Å². The predicted octanol–water partition coefficient (Wildman–Crippen LogP) is 1.54. The molecule has 1 aromatic heterocycles. The predicted molar refractivity (Wildman–Crippen MR) is 88.5 cm³/mol.